The smallest absolute Gasteiger partial charge is 0.00826 e. The second-order valence-corrected chi connectivity index (χ2v) is 5.14. The molecule has 0 nitrogen and oxygen atoms in total. The SMILES string of the molecule is CC(C)CCCC(C)(C)CBr. The average molecular weight is 221 g/mol. The van der Waals surface area contributed by atoms with Crippen LogP contribution in [-0.4, -0.2) is 5.33 Å². The van der Waals surface area contributed by atoms with Crippen LogP contribution in [0.25, 0.3) is 0 Å². The standard InChI is InChI=1S/C10H21Br/c1-9(2)6-5-7-10(3,4)8-11/h9H,5-8H2,1-4H3. The monoisotopic (exact) mass is 220 g/mol. The van der Waals surface area contributed by atoms with Crippen molar-refractivity contribution < 1.29 is 0 Å². The molecular formula is C10H21Br. The van der Waals surface area contributed by atoms with E-state index in [-0.39, 0.29) is 0 Å². The molecule has 0 saturated heterocycles. The Balaban J connectivity index is 3.38. The minimum atomic E-state index is 0.495. The Kier molecular flexibility index (Phi) is 5.41. The zero-order chi connectivity index (χ0) is 8.91. The lowest BCUT2D eigenvalue weighted by atomic mass is 9.88. The van der Waals surface area contributed by atoms with Gasteiger partial charge in [0.1, 0.15) is 0 Å². The van der Waals surface area contributed by atoms with E-state index in [1.807, 2.05) is 0 Å². The summed E-state index contributed by atoms with van der Waals surface area (Å²) < 4.78 is 0. The van der Waals surface area contributed by atoms with Crippen LogP contribution in [-0.2, 0) is 0 Å². The van der Waals surface area contributed by atoms with Crippen LogP contribution in [0.2, 0.25) is 0 Å². The highest BCUT2D eigenvalue weighted by Crippen LogP contribution is 2.26. The first-order valence-corrected chi connectivity index (χ1v) is 5.66. The summed E-state index contributed by atoms with van der Waals surface area (Å²) in [4.78, 5) is 0. The van der Waals surface area contributed by atoms with E-state index in [1.165, 1.54) is 19.3 Å². The van der Waals surface area contributed by atoms with Gasteiger partial charge in [0, 0.05) is 5.33 Å². The first-order valence-electron chi connectivity index (χ1n) is 4.54. The fraction of sp³-hybridized carbons (Fsp3) is 1.00. The Labute approximate surface area is 79.9 Å². The second-order valence-electron chi connectivity index (χ2n) is 4.58. The van der Waals surface area contributed by atoms with Crippen LogP contribution in [0.5, 0.6) is 0 Å². The van der Waals surface area contributed by atoms with Crippen molar-refractivity contribution in [3.63, 3.8) is 0 Å². The molecule has 0 amide bonds. The summed E-state index contributed by atoms with van der Waals surface area (Å²) in [6.45, 7) is 9.23. The van der Waals surface area contributed by atoms with Gasteiger partial charge in [-0.15, -0.1) is 0 Å². The first kappa shape index (κ1) is 11.5. The zero-order valence-corrected chi connectivity index (χ0v) is 9.87. The summed E-state index contributed by atoms with van der Waals surface area (Å²) in [7, 11) is 0. The maximum absolute atomic E-state index is 3.54. The molecule has 11 heavy (non-hydrogen) atoms. The van der Waals surface area contributed by atoms with Crippen molar-refractivity contribution >= 4 is 15.9 Å². The van der Waals surface area contributed by atoms with Gasteiger partial charge in [-0.05, 0) is 17.8 Å². The third kappa shape index (κ3) is 6.86. The van der Waals surface area contributed by atoms with Crippen LogP contribution >= 0.6 is 15.9 Å². The van der Waals surface area contributed by atoms with Gasteiger partial charge < -0.3 is 0 Å². The molecule has 0 aliphatic carbocycles. The number of rotatable bonds is 5. The molecule has 1 heteroatoms. The van der Waals surface area contributed by atoms with Crippen molar-refractivity contribution in [1.29, 1.82) is 0 Å². The Morgan fingerprint density at radius 2 is 1.82 bits per heavy atom. The Hall–Kier alpha value is 0.480. The highest BCUT2D eigenvalue weighted by molar-refractivity contribution is 9.09. The van der Waals surface area contributed by atoms with E-state index in [9.17, 15) is 0 Å². The molecule has 0 radical (unpaired) electrons. The third-order valence-electron chi connectivity index (χ3n) is 2.00. The number of hydrogen-bond acceptors (Lipinski definition) is 0. The highest BCUT2D eigenvalue weighted by Gasteiger charge is 2.14. The van der Waals surface area contributed by atoms with E-state index in [4.69, 9.17) is 0 Å². The third-order valence-corrected chi connectivity index (χ3v) is 3.51. The van der Waals surface area contributed by atoms with Gasteiger partial charge in [-0.25, -0.2) is 0 Å². The van der Waals surface area contributed by atoms with Gasteiger partial charge in [-0.2, -0.15) is 0 Å². The lowest BCUT2D eigenvalue weighted by molar-refractivity contribution is 0.357. The van der Waals surface area contributed by atoms with Crippen molar-refractivity contribution in [3.05, 3.63) is 0 Å². The van der Waals surface area contributed by atoms with Crippen LogP contribution in [0, 0.1) is 11.3 Å². The van der Waals surface area contributed by atoms with E-state index in [0.717, 1.165) is 11.2 Å². The van der Waals surface area contributed by atoms with Crippen LogP contribution in [0.15, 0.2) is 0 Å². The normalized spacial score (nSPS) is 12.5. The van der Waals surface area contributed by atoms with E-state index >= 15 is 0 Å². The largest absolute Gasteiger partial charge is 0.0922 e. The maximum Gasteiger partial charge on any atom is 0.00826 e. The van der Waals surface area contributed by atoms with Gasteiger partial charge in [0.2, 0.25) is 0 Å². The summed E-state index contributed by atoms with van der Waals surface area (Å²) in [5.74, 6) is 0.862. The number of hydrogen-bond donors (Lipinski definition) is 0. The lowest BCUT2D eigenvalue weighted by Gasteiger charge is -2.21. The minimum absolute atomic E-state index is 0.495. The molecule has 0 heterocycles. The molecule has 0 saturated carbocycles. The molecule has 0 spiro atoms. The van der Waals surface area contributed by atoms with Crippen molar-refractivity contribution in [1.82, 2.24) is 0 Å². The molecule has 0 aromatic carbocycles. The number of alkyl halides is 1. The molecular weight excluding hydrogens is 200 g/mol. The molecule has 0 rings (SSSR count). The van der Waals surface area contributed by atoms with Gasteiger partial charge >= 0.3 is 0 Å². The summed E-state index contributed by atoms with van der Waals surface area (Å²) in [6.07, 6.45) is 4.09. The first-order chi connectivity index (χ1) is 4.98. The van der Waals surface area contributed by atoms with Crippen molar-refractivity contribution in [3.8, 4) is 0 Å². The van der Waals surface area contributed by atoms with Crippen LogP contribution in [0.1, 0.15) is 47.0 Å². The van der Waals surface area contributed by atoms with Gasteiger partial charge in [-0.3, -0.25) is 0 Å². The summed E-state index contributed by atoms with van der Waals surface area (Å²) in [5.41, 5.74) is 0.495. The van der Waals surface area contributed by atoms with Crippen LogP contribution in [0.4, 0.5) is 0 Å². The second kappa shape index (κ2) is 5.18. The Bertz CT molecular complexity index is 95.0. The average Bonchev–Trinajstić information content (AvgIpc) is 1.87. The Morgan fingerprint density at radius 3 is 2.18 bits per heavy atom. The van der Waals surface area contributed by atoms with Crippen molar-refractivity contribution in [2.75, 3.05) is 5.33 Å². The van der Waals surface area contributed by atoms with Crippen LogP contribution in [0.3, 0.4) is 0 Å². The van der Waals surface area contributed by atoms with E-state index in [0.29, 0.717) is 5.41 Å². The van der Waals surface area contributed by atoms with Gasteiger partial charge in [-0.1, -0.05) is 56.5 Å². The topological polar surface area (TPSA) is 0 Å². The lowest BCUT2D eigenvalue weighted by Crippen LogP contribution is -2.12. The van der Waals surface area contributed by atoms with Crippen LogP contribution < -0.4 is 0 Å². The molecule has 0 aliphatic rings. The molecule has 0 aliphatic heterocycles. The molecule has 0 fully saturated rings. The Morgan fingerprint density at radius 1 is 1.27 bits per heavy atom. The van der Waals surface area contributed by atoms with Gasteiger partial charge in [0.25, 0.3) is 0 Å². The summed E-state index contributed by atoms with van der Waals surface area (Å²) in [6, 6.07) is 0. The molecule has 68 valence electrons. The van der Waals surface area contributed by atoms with E-state index in [2.05, 4.69) is 43.6 Å². The fourth-order valence-electron chi connectivity index (χ4n) is 1.06. The summed E-state index contributed by atoms with van der Waals surface area (Å²) in [5, 5.41) is 1.12. The molecule has 0 N–H and O–H groups in total. The van der Waals surface area contributed by atoms with E-state index in [1.54, 1.807) is 0 Å². The van der Waals surface area contributed by atoms with Gasteiger partial charge in [0.15, 0.2) is 0 Å². The van der Waals surface area contributed by atoms with Gasteiger partial charge in [0.05, 0.1) is 0 Å². The minimum Gasteiger partial charge on any atom is -0.0922 e. The maximum atomic E-state index is 3.54. The quantitative estimate of drug-likeness (QED) is 0.609. The molecule has 0 aromatic heterocycles. The van der Waals surface area contributed by atoms with Crippen molar-refractivity contribution in [2.45, 2.75) is 47.0 Å². The van der Waals surface area contributed by atoms with Crippen molar-refractivity contribution in [2.24, 2.45) is 11.3 Å². The zero-order valence-electron chi connectivity index (χ0n) is 8.28. The molecule has 0 aromatic rings. The predicted octanol–water partition coefficient (Wildman–Crippen LogP) is 4.23. The summed E-state index contributed by atoms with van der Waals surface area (Å²) >= 11 is 3.54. The molecule has 0 atom stereocenters. The molecule has 0 unspecified atom stereocenters. The van der Waals surface area contributed by atoms with E-state index < -0.39 is 0 Å². The fourth-order valence-corrected chi connectivity index (χ4v) is 1.34. The number of halogens is 1. The molecule has 0 bridgehead atoms. The predicted molar refractivity (Wildman–Crippen MR) is 56.3 cm³/mol. The highest BCUT2D eigenvalue weighted by atomic mass is 79.9.